The molecule has 276 valence electrons. The van der Waals surface area contributed by atoms with E-state index in [-0.39, 0.29) is 92.8 Å². The number of benzene rings is 2. The molecule has 0 fully saturated rings. The summed E-state index contributed by atoms with van der Waals surface area (Å²) in [5.41, 5.74) is 1.92. The van der Waals surface area contributed by atoms with Gasteiger partial charge in [0.2, 0.25) is 11.6 Å². The fourth-order valence-corrected chi connectivity index (χ4v) is 6.04. The van der Waals surface area contributed by atoms with E-state index in [2.05, 4.69) is 20.5 Å². The number of carbonyl (C=O) groups is 2. The van der Waals surface area contributed by atoms with E-state index >= 15 is 0 Å². The normalized spacial score (nSPS) is 18.2. The minimum absolute atomic E-state index is 0. The molecule has 0 saturated carbocycles. The van der Waals surface area contributed by atoms with Crippen LogP contribution in [0.5, 0.6) is 0 Å². The molecular formula is C34H24BaN6O12S2. The van der Waals surface area contributed by atoms with Gasteiger partial charge in [-0.25, -0.2) is 0 Å². The summed E-state index contributed by atoms with van der Waals surface area (Å²) in [6.07, 6.45) is 12.4. The Bertz CT molecular complexity index is 2470. The second-order valence-corrected chi connectivity index (χ2v) is 14.3. The van der Waals surface area contributed by atoms with Crippen LogP contribution in [0.2, 0.25) is 0 Å². The Balaban J connectivity index is 0.000000240. The average molecular weight is 910 g/mol. The molecule has 2 aromatic rings. The Morgan fingerprint density at radius 1 is 0.582 bits per heavy atom. The number of nitrogens with zero attached hydrogens (tertiary/aromatic N) is 6. The van der Waals surface area contributed by atoms with Crippen LogP contribution in [0.15, 0.2) is 151 Å². The third kappa shape index (κ3) is 10.3. The number of hydrogen-bond acceptors (Lipinski definition) is 14. The van der Waals surface area contributed by atoms with E-state index in [0.717, 1.165) is 12.2 Å². The van der Waals surface area contributed by atoms with Crippen LogP contribution in [-0.4, -0.2) is 107 Å². The summed E-state index contributed by atoms with van der Waals surface area (Å²) in [6.45, 7) is 3.39. The molecule has 0 aromatic heterocycles. The number of fused-ring (bicyclic) bond motifs is 2. The van der Waals surface area contributed by atoms with Gasteiger partial charge in [-0.05, 0) is 84.7 Å². The van der Waals surface area contributed by atoms with Gasteiger partial charge in [-0.15, -0.1) is 20.5 Å². The van der Waals surface area contributed by atoms with Crippen LogP contribution in [0, 0.1) is 34.1 Å². The molecular weight excluding hydrogens is 886 g/mol. The van der Waals surface area contributed by atoms with Crippen molar-refractivity contribution in [2.24, 2.45) is 20.5 Å². The number of nitro benzene ring substituents is 2. The Hall–Kier alpha value is -4.85. The van der Waals surface area contributed by atoms with Gasteiger partial charge in [0, 0.05) is 53.2 Å². The first kappa shape index (κ1) is 42.9. The number of allylic oxidation sites excluding steroid dienone is 14. The van der Waals surface area contributed by atoms with Gasteiger partial charge in [0.05, 0.1) is 9.85 Å². The average Bonchev–Trinajstić information content (AvgIpc) is 3.10. The van der Waals surface area contributed by atoms with Crippen molar-refractivity contribution in [2.45, 2.75) is 13.8 Å². The summed E-state index contributed by atoms with van der Waals surface area (Å²) in [5, 5.41) is 37.7. The van der Waals surface area contributed by atoms with Crippen LogP contribution in [0.1, 0.15) is 11.1 Å². The second kappa shape index (κ2) is 17.3. The minimum Gasteiger partial charge on any atom is -0.757 e. The molecule has 2 unspecified atom stereocenters. The van der Waals surface area contributed by atoms with Crippen LogP contribution in [0.25, 0.3) is 0 Å². The summed E-state index contributed by atoms with van der Waals surface area (Å²) < 4.78 is 63.3. The molecule has 0 aliphatic heterocycles. The molecule has 21 heteroatoms. The molecule has 0 bridgehead atoms. The van der Waals surface area contributed by atoms with Crippen LogP contribution < -0.4 is 0 Å². The van der Waals surface area contributed by atoms with Gasteiger partial charge in [-0.1, -0.05) is 36.4 Å². The SMILES string of the molecule is Cc1ccc(N=NC2=C3C=CC(=S(=O)([O-])O)C=C3C=CC2=O)c([N+](=O)[O-])c1.Cc1ccc(N=NC2=C3C=CC(=S(=O)([O-])O)C=C3C=CC2=O)c([N+](=O)[O-])c1.[Ba+2]. The Morgan fingerprint density at radius 2 is 0.945 bits per heavy atom. The largest absolute Gasteiger partial charge is 2.00 e. The van der Waals surface area contributed by atoms with Crippen LogP contribution in [0.4, 0.5) is 22.7 Å². The summed E-state index contributed by atoms with van der Waals surface area (Å²) in [7, 11) is -8.80. The number of nitro groups is 2. The van der Waals surface area contributed by atoms with Crippen molar-refractivity contribution in [3.63, 3.8) is 0 Å². The minimum atomic E-state index is -4.40. The van der Waals surface area contributed by atoms with Gasteiger partial charge in [0.15, 0.2) is 11.4 Å². The molecule has 0 spiro atoms. The van der Waals surface area contributed by atoms with Gasteiger partial charge in [0.25, 0.3) is 11.4 Å². The first-order chi connectivity index (χ1) is 25.3. The van der Waals surface area contributed by atoms with Crippen molar-refractivity contribution in [3.8, 4) is 0 Å². The zero-order chi connectivity index (χ0) is 39.5. The van der Waals surface area contributed by atoms with Crippen molar-refractivity contribution < 1.29 is 46.1 Å². The molecule has 2 atom stereocenters. The van der Waals surface area contributed by atoms with Crippen LogP contribution in [-0.2, 0) is 29.8 Å². The van der Waals surface area contributed by atoms with Gasteiger partial charge in [-0.3, -0.25) is 38.2 Å². The predicted octanol–water partition coefficient (Wildman–Crippen LogP) is 5.49. The Morgan fingerprint density at radius 3 is 1.27 bits per heavy atom. The third-order valence-electron chi connectivity index (χ3n) is 7.62. The molecule has 55 heavy (non-hydrogen) atoms. The summed E-state index contributed by atoms with van der Waals surface area (Å²) >= 11 is 0. The smallest absolute Gasteiger partial charge is 0.757 e. The second-order valence-electron chi connectivity index (χ2n) is 11.4. The quantitative estimate of drug-likeness (QED) is 0.120. The molecule has 4 aliphatic rings. The van der Waals surface area contributed by atoms with Crippen molar-refractivity contribution in [3.05, 3.63) is 162 Å². The van der Waals surface area contributed by atoms with Gasteiger partial charge in [-0.2, -0.15) is 0 Å². The molecule has 2 aromatic carbocycles. The first-order valence-corrected chi connectivity index (χ1v) is 18.0. The number of hydrogen-bond donors (Lipinski definition) is 2. The standard InChI is InChI=1S/2C17H13N3O6S.Ba/c2*1-10-2-6-14(15(8-10)20(22)23)18-19-17-13-5-4-12(27(24,25)26)9-11(13)3-7-16(17)21;/h2*2-9H,1H3,(H2,24,25,26);/q;;+2/p-2. The molecule has 0 saturated heterocycles. The fourth-order valence-electron chi connectivity index (χ4n) is 5.01. The molecule has 18 nitrogen and oxygen atoms in total. The van der Waals surface area contributed by atoms with Crippen molar-refractivity contribution >= 4 is 113 Å². The Kier molecular flexibility index (Phi) is 13.5. The number of rotatable bonds is 6. The summed E-state index contributed by atoms with van der Waals surface area (Å²) in [4.78, 5) is 44.8. The van der Waals surface area contributed by atoms with E-state index in [9.17, 15) is 47.3 Å². The van der Waals surface area contributed by atoms with Crippen LogP contribution in [0.3, 0.4) is 0 Å². The van der Waals surface area contributed by atoms with Crippen molar-refractivity contribution in [1.82, 2.24) is 0 Å². The summed E-state index contributed by atoms with van der Waals surface area (Å²) in [6, 6.07) is 8.77. The zero-order valence-electron chi connectivity index (χ0n) is 28.4. The fraction of sp³-hybridized carbons (Fsp3) is 0.0588. The number of aryl methyl sites for hydroxylation is 2. The van der Waals surface area contributed by atoms with E-state index < -0.39 is 41.6 Å². The first-order valence-electron chi connectivity index (χ1n) is 15.1. The van der Waals surface area contributed by atoms with Gasteiger partial charge in [0.1, 0.15) is 11.4 Å². The van der Waals surface area contributed by atoms with Crippen molar-refractivity contribution in [2.75, 3.05) is 0 Å². The number of carbonyl (C=O) groups excluding carboxylic acids is 2. The molecule has 0 radical (unpaired) electrons. The van der Waals surface area contributed by atoms with E-state index in [4.69, 9.17) is 9.11 Å². The maximum Gasteiger partial charge on any atom is 2.00 e. The number of ketones is 2. The van der Waals surface area contributed by atoms with Gasteiger partial charge < -0.3 is 18.2 Å². The van der Waals surface area contributed by atoms with Gasteiger partial charge >= 0.3 is 48.9 Å². The van der Waals surface area contributed by atoms with E-state index in [1.165, 1.54) is 72.9 Å². The molecule has 2 N–H and O–H groups in total. The van der Waals surface area contributed by atoms with E-state index in [1.54, 1.807) is 26.0 Å². The zero-order valence-corrected chi connectivity index (χ0v) is 34.5. The maximum absolute atomic E-state index is 12.2. The maximum atomic E-state index is 12.2. The molecule has 6 rings (SSSR count). The summed E-state index contributed by atoms with van der Waals surface area (Å²) in [5.74, 6) is -0.971. The number of azo groups is 2. The molecule has 4 aliphatic carbocycles. The van der Waals surface area contributed by atoms with E-state index in [0.29, 0.717) is 33.4 Å². The monoisotopic (exact) mass is 910 g/mol. The van der Waals surface area contributed by atoms with Crippen LogP contribution >= 0.6 is 0 Å². The molecule has 0 amide bonds. The van der Waals surface area contributed by atoms with E-state index in [1.807, 2.05) is 0 Å². The predicted molar refractivity (Wildman–Crippen MR) is 200 cm³/mol. The topological polar surface area (TPSA) is 291 Å². The Labute approximate surface area is 352 Å². The molecule has 0 heterocycles. The third-order valence-corrected chi connectivity index (χ3v) is 9.32. The van der Waals surface area contributed by atoms with Crippen molar-refractivity contribution in [1.29, 1.82) is 0 Å².